The van der Waals surface area contributed by atoms with Crippen molar-refractivity contribution in [2.75, 3.05) is 19.0 Å². The van der Waals surface area contributed by atoms with Crippen LogP contribution in [0.15, 0.2) is 34.3 Å². The summed E-state index contributed by atoms with van der Waals surface area (Å²) in [4.78, 5) is 14.0. The highest BCUT2D eigenvalue weighted by Crippen LogP contribution is 2.28. The van der Waals surface area contributed by atoms with E-state index in [9.17, 15) is 0 Å². The van der Waals surface area contributed by atoms with Gasteiger partial charge in [0.25, 0.3) is 0 Å². The number of ether oxygens (including phenoxy) is 1. The van der Waals surface area contributed by atoms with Crippen molar-refractivity contribution in [2.45, 2.75) is 30.3 Å². The summed E-state index contributed by atoms with van der Waals surface area (Å²) < 4.78 is 5.13. The standard InChI is InChI=1S/C14H18N4OS/c1-4-9-15-12-16-13(19-3)18-14(17-12)20-11-8-6-5-7-10(11)2/h5-8H,4,9H2,1-3H3,(H,15,16,17,18). The molecule has 0 amide bonds. The van der Waals surface area contributed by atoms with Crippen LogP contribution in [0.5, 0.6) is 6.01 Å². The molecular formula is C14H18N4OS. The number of hydrogen-bond acceptors (Lipinski definition) is 6. The van der Waals surface area contributed by atoms with Gasteiger partial charge in [-0.15, -0.1) is 0 Å². The van der Waals surface area contributed by atoms with Crippen LogP contribution in [0, 0.1) is 6.92 Å². The number of aromatic nitrogens is 3. The van der Waals surface area contributed by atoms with E-state index >= 15 is 0 Å². The van der Waals surface area contributed by atoms with E-state index in [0.29, 0.717) is 17.1 Å². The number of hydrogen-bond donors (Lipinski definition) is 1. The molecule has 0 unspecified atom stereocenters. The highest BCUT2D eigenvalue weighted by atomic mass is 32.2. The third-order valence-electron chi connectivity index (χ3n) is 2.60. The molecule has 1 heterocycles. The second-order valence-corrected chi connectivity index (χ2v) is 5.23. The Labute approximate surface area is 123 Å². The number of methoxy groups -OCH3 is 1. The van der Waals surface area contributed by atoms with E-state index in [-0.39, 0.29) is 0 Å². The minimum atomic E-state index is 0.328. The molecule has 0 bridgehead atoms. The fourth-order valence-corrected chi connectivity index (χ4v) is 2.39. The summed E-state index contributed by atoms with van der Waals surface area (Å²) in [5.41, 5.74) is 1.19. The van der Waals surface area contributed by atoms with Crippen LogP contribution in [0.2, 0.25) is 0 Å². The Balaban J connectivity index is 2.24. The third-order valence-corrected chi connectivity index (χ3v) is 3.65. The average Bonchev–Trinajstić information content (AvgIpc) is 2.47. The van der Waals surface area contributed by atoms with Crippen molar-refractivity contribution in [2.24, 2.45) is 0 Å². The highest BCUT2D eigenvalue weighted by Gasteiger charge is 2.09. The Morgan fingerprint density at radius 3 is 2.70 bits per heavy atom. The quantitative estimate of drug-likeness (QED) is 0.882. The molecule has 0 spiro atoms. The summed E-state index contributed by atoms with van der Waals surface area (Å²) in [7, 11) is 1.56. The maximum absolute atomic E-state index is 5.13. The van der Waals surface area contributed by atoms with Gasteiger partial charge in [0.2, 0.25) is 11.1 Å². The predicted molar refractivity (Wildman–Crippen MR) is 80.5 cm³/mol. The molecule has 106 valence electrons. The number of nitrogens with one attached hydrogen (secondary N) is 1. The molecule has 5 nitrogen and oxygen atoms in total. The van der Waals surface area contributed by atoms with Crippen LogP contribution in [0.3, 0.4) is 0 Å². The molecule has 0 aliphatic carbocycles. The van der Waals surface area contributed by atoms with Crippen molar-refractivity contribution in [3.63, 3.8) is 0 Å². The van der Waals surface area contributed by atoms with Gasteiger partial charge in [-0.3, -0.25) is 0 Å². The van der Waals surface area contributed by atoms with Gasteiger partial charge >= 0.3 is 6.01 Å². The minimum absolute atomic E-state index is 0.328. The number of benzene rings is 1. The first kappa shape index (κ1) is 14.6. The summed E-state index contributed by atoms with van der Waals surface area (Å²) in [6.45, 7) is 4.98. The minimum Gasteiger partial charge on any atom is -0.467 e. The van der Waals surface area contributed by atoms with Crippen molar-refractivity contribution in [3.05, 3.63) is 29.8 Å². The zero-order chi connectivity index (χ0) is 14.4. The average molecular weight is 290 g/mol. The first-order valence-corrected chi connectivity index (χ1v) is 7.32. The van der Waals surface area contributed by atoms with Crippen molar-refractivity contribution in [1.82, 2.24) is 15.0 Å². The van der Waals surface area contributed by atoms with Gasteiger partial charge in [-0.05, 0) is 36.7 Å². The van der Waals surface area contributed by atoms with Crippen LogP contribution in [0.1, 0.15) is 18.9 Å². The molecule has 0 saturated carbocycles. The molecule has 1 aromatic heterocycles. The summed E-state index contributed by atoms with van der Waals surface area (Å²) in [5, 5.41) is 3.78. The highest BCUT2D eigenvalue weighted by molar-refractivity contribution is 7.99. The molecule has 0 aliphatic rings. The summed E-state index contributed by atoms with van der Waals surface area (Å²) in [6, 6.07) is 8.47. The molecule has 0 atom stereocenters. The zero-order valence-corrected chi connectivity index (χ0v) is 12.7. The normalized spacial score (nSPS) is 10.3. The van der Waals surface area contributed by atoms with Crippen molar-refractivity contribution in [3.8, 4) is 6.01 Å². The molecule has 20 heavy (non-hydrogen) atoms. The molecule has 2 aromatic rings. The van der Waals surface area contributed by atoms with E-state index in [1.807, 2.05) is 12.1 Å². The molecule has 6 heteroatoms. The molecule has 1 aromatic carbocycles. The van der Waals surface area contributed by atoms with Crippen molar-refractivity contribution < 1.29 is 4.74 Å². The van der Waals surface area contributed by atoms with Crippen LogP contribution < -0.4 is 10.1 Å². The van der Waals surface area contributed by atoms with Crippen LogP contribution in [0.4, 0.5) is 5.95 Å². The van der Waals surface area contributed by atoms with Gasteiger partial charge in [0, 0.05) is 11.4 Å². The summed E-state index contributed by atoms with van der Waals surface area (Å²) in [5.74, 6) is 0.551. The first-order chi connectivity index (χ1) is 9.72. The first-order valence-electron chi connectivity index (χ1n) is 6.50. The lowest BCUT2D eigenvalue weighted by atomic mass is 10.2. The van der Waals surface area contributed by atoms with Gasteiger partial charge in [0.15, 0.2) is 0 Å². The van der Waals surface area contributed by atoms with Crippen molar-refractivity contribution >= 4 is 17.7 Å². The molecule has 0 radical (unpaired) electrons. The number of rotatable bonds is 6. The number of aryl methyl sites for hydroxylation is 1. The van der Waals surface area contributed by atoms with E-state index < -0.39 is 0 Å². The Morgan fingerprint density at radius 2 is 2.00 bits per heavy atom. The Bertz CT molecular complexity index is 577. The number of anilines is 1. The second kappa shape index (κ2) is 7.09. The van der Waals surface area contributed by atoms with Gasteiger partial charge in [-0.2, -0.15) is 15.0 Å². The zero-order valence-electron chi connectivity index (χ0n) is 11.9. The van der Waals surface area contributed by atoms with Gasteiger partial charge in [0.1, 0.15) is 0 Å². The Kier molecular flexibility index (Phi) is 5.17. The van der Waals surface area contributed by atoms with Gasteiger partial charge < -0.3 is 10.1 Å². The van der Waals surface area contributed by atoms with Gasteiger partial charge in [-0.25, -0.2) is 0 Å². The summed E-state index contributed by atoms with van der Waals surface area (Å²) in [6.07, 6.45) is 1.01. The largest absolute Gasteiger partial charge is 0.467 e. The fourth-order valence-electron chi connectivity index (χ4n) is 1.56. The fraction of sp³-hybridized carbons (Fsp3) is 0.357. The maximum Gasteiger partial charge on any atom is 0.321 e. The smallest absolute Gasteiger partial charge is 0.321 e. The molecule has 2 rings (SSSR count). The molecule has 0 fully saturated rings. The lowest BCUT2D eigenvalue weighted by molar-refractivity contribution is 0.373. The topological polar surface area (TPSA) is 59.9 Å². The second-order valence-electron chi connectivity index (χ2n) is 4.22. The Morgan fingerprint density at radius 1 is 1.20 bits per heavy atom. The Hall–Kier alpha value is -1.82. The molecule has 0 saturated heterocycles. The molecule has 1 N–H and O–H groups in total. The van der Waals surface area contributed by atoms with E-state index in [2.05, 4.69) is 46.2 Å². The lowest BCUT2D eigenvalue weighted by Gasteiger charge is -2.08. The van der Waals surface area contributed by atoms with E-state index in [1.165, 1.54) is 17.3 Å². The lowest BCUT2D eigenvalue weighted by Crippen LogP contribution is -2.07. The molecular weight excluding hydrogens is 272 g/mol. The van der Waals surface area contributed by atoms with E-state index in [1.54, 1.807) is 7.11 Å². The maximum atomic E-state index is 5.13. The predicted octanol–water partition coefficient (Wildman–Crippen LogP) is 3.16. The van der Waals surface area contributed by atoms with E-state index in [0.717, 1.165) is 17.9 Å². The van der Waals surface area contributed by atoms with Gasteiger partial charge in [-0.1, -0.05) is 25.1 Å². The SMILES string of the molecule is CCCNc1nc(OC)nc(Sc2ccccc2C)n1. The van der Waals surface area contributed by atoms with Crippen LogP contribution >= 0.6 is 11.8 Å². The number of nitrogens with zero attached hydrogens (tertiary/aromatic N) is 3. The van der Waals surface area contributed by atoms with Crippen LogP contribution in [-0.2, 0) is 0 Å². The van der Waals surface area contributed by atoms with Gasteiger partial charge in [0.05, 0.1) is 7.11 Å². The van der Waals surface area contributed by atoms with Crippen LogP contribution in [-0.4, -0.2) is 28.6 Å². The monoisotopic (exact) mass is 290 g/mol. The molecule has 0 aliphatic heterocycles. The van der Waals surface area contributed by atoms with Crippen molar-refractivity contribution in [1.29, 1.82) is 0 Å². The van der Waals surface area contributed by atoms with Crippen LogP contribution in [0.25, 0.3) is 0 Å². The third kappa shape index (κ3) is 3.84. The van der Waals surface area contributed by atoms with E-state index in [4.69, 9.17) is 4.74 Å². The summed E-state index contributed by atoms with van der Waals surface area (Å²) >= 11 is 1.51.